The van der Waals surface area contributed by atoms with Gasteiger partial charge in [0.05, 0.1) is 15.7 Å². The van der Waals surface area contributed by atoms with E-state index in [4.69, 9.17) is 28.3 Å². The fourth-order valence-corrected chi connectivity index (χ4v) is 1.92. The van der Waals surface area contributed by atoms with Crippen molar-refractivity contribution in [1.82, 2.24) is 5.32 Å². The second-order valence-electron chi connectivity index (χ2n) is 4.62. The molecule has 110 valence electrons. The summed E-state index contributed by atoms with van der Waals surface area (Å²) in [6.07, 6.45) is 0.241. The first-order valence-corrected chi connectivity index (χ1v) is 6.74. The van der Waals surface area contributed by atoms with Gasteiger partial charge in [0.25, 0.3) is 0 Å². The Labute approximate surface area is 127 Å². The number of amides is 2. The molecule has 20 heavy (non-hydrogen) atoms. The monoisotopic (exact) mass is 318 g/mol. The maximum Gasteiger partial charge on any atom is 0.329 e. The third kappa shape index (κ3) is 3.55. The van der Waals surface area contributed by atoms with Crippen molar-refractivity contribution in [3.63, 3.8) is 0 Å². The summed E-state index contributed by atoms with van der Waals surface area (Å²) < 4.78 is 0. The smallest absolute Gasteiger partial charge is 0.329 e. The molecule has 1 atom stereocenters. The second-order valence-corrected chi connectivity index (χ2v) is 5.41. The maximum atomic E-state index is 11.9. The summed E-state index contributed by atoms with van der Waals surface area (Å²) in [6, 6.07) is 2.65. The van der Waals surface area contributed by atoms with Crippen LogP contribution < -0.4 is 10.6 Å². The number of aliphatic carboxylic acids is 1. The summed E-state index contributed by atoms with van der Waals surface area (Å²) >= 11 is 12.0. The molecule has 0 radical (unpaired) electrons. The Hall–Kier alpha value is -1.46. The number of anilines is 1. The van der Waals surface area contributed by atoms with E-state index in [0.717, 1.165) is 5.56 Å². The lowest BCUT2D eigenvalue weighted by Crippen LogP contribution is -2.53. The third-order valence-corrected chi connectivity index (χ3v) is 3.89. The van der Waals surface area contributed by atoms with Gasteiger partial charge in [0.1, 0.15) is 5.54 Å². The van der Waals surface area contributed by atoms with Gasteiger partial charge in [-0.1, -0.05) is 36.2 Å². The molecular formula is C13H16Cl2N2O3. The van der Waals surface area contributed by atoms with Crippen LogP contribution >= 0.6 is 23.2 Å². The number of carbonyl (C=O) groups excluding carboxylic acids is 1. The Kier molecular flexibility index (Phi) is 5.25. The van der Waals surface area contributed by atoms with Gasteiger partial charge in [-0.05, 0) is 31.9 Å². The van der Waals surface area contributed by atoms with Crippen molar-refractivity contribution < 1.29 is 14.7 Å². The zero-order valence-corrected chi connectivity index (χ0v) is 12.9. The number of halogens is 2. The first kappa shape index (κ1) is 16.6. The van der Waals surface area contributed by atoms with Crippen LogP contribution in [0.1, 0.15) is 25.8 Å². The molecule has 0 aliphatic carbocycles. The number of nitrogens with one attached hydrogen (secondary N) is 2. The van der Waals surface area contributed by atoms with E-state index in [1.54, 1.807) is 26.0 Å². The summed E-state index contributed by atoms with van der Waals surface area (Å²) in [6.45, 7) is 4.87. The Bertz CT molecular complexity index is 549. The van der Waals surface area contributed by atoms with Gasteiger partial charge in [-0.3, -0.25) is 0 Å². The summed E-state index contributed by atoms with van der Waals surface area (Å²) in [5.41, 5.74) is -0.343. The third-order valence-electron chi connectivity index (χ3n) is 3.09. The summed E-state index contributed by atoms with van der Waals surface area (Å²) in [4.78, 5) is 23.0. The van der Waals surface area contributed by atoms with E-state index in [-0.39, 0.29) is 17.1 Å². The molecule has 1 aromatic rings. The first-order valence-electron chi connectivity index (χ1n) is 5.98. The highest BCUT2D eigenvalue weighted by molar-refractivity contribution is 6.40. The van der Waals surface area contributed by atoms with Crippen LogP contribution in [-0.4, -0.2) is 22.6 Å². The number of hydrogen-bond donors (Lipinski definition) is 3. The van der Waals surface area contributed by atoms with Gasteiger partial charge >= 0.3 is 12.0 Å². The molecule has 0 aliphatic rings. The van der Waals surface area contributed by atoms with E-state index in [1.165, 1.54) is 6.92 Å². The number of rotatable bonds is 4. The number of hydrogen-bond acceptors (Lipinski definition) is 2. The standard InChI is InChI=1S/C13H16Cl2N2O3/c1-4-13(3,11(18)19)17-12(20)16-10-8(14)6-5-7(2)9(10)15/h5-6H,4H2,1-3H3,(H,18,19)(H2,16,17,20). The first-order chi connectivity index (χ1) is 9.21. The van der Waals surface area contributed by atoms with Crippen molar-refractivity contribution in [1.29, 1.82) is 0 Å². The van der Waals surface area contributed by atoms with Crippen LogP contribution in [0, 0.1) is 6.92 Å². The lowest BCUT2D eigenvalue weighted by atomic mass is 10.00. The van der Waals surface area contributed by atoms with E-state index in [9.17, 15) is 9.59 Å². The number of benzene rings is 1. The minimum absolute atomic E-state index is 0.241. The molecule has 0 saturated heterocycles. The van der Waals surface area contributed by atoms with Crippen LogP contribution in [0.15, 0.2) is 12.1 Å². The highest BCUT2D eigenvalue weighted by Gasteiger charge is 2.33. The topological polar surface area (TPSA) is 78.4 Å². The summed E-state index contributed by atoms with van der Waals surface area (Å²) in [7, 11) is 0. The van der Waals surface area contributed by atoms with Crippen LogP contribution in [0.2, 0.25) is 10.0 Å². The molecule has 0 bridgehead atoms. The lowest BCUT2D eigenvalue weighted by molar-refractivity contribution is -0.143. The van der Waals surface area contributed by atoms with E-state index < -0.39 is 17.5 Å². The minimum Gasteiger partial charge on any atom is -0.480 e. The Morgan fingerprint density at radius 1 is 1.35 bits per heavy atom. The van der Waals surface area contributed by atoms with Gasteiger partial charge in [0, 0.05) is 0 Å². The molecule has 7 heteroatoms. The normalized spacial score (nSPS) is 13.4. The Morgan fingerprint density at radius 2 is 1.95 bits per heavy atom. The predicted molar refractivity (Wildman–Crippen MR) is 79.7 cm³/mol. The average molecular weight is 319 g/mol. The predicted octanol–water partition coefficient (Wildman–Crippen LogP) is 3.68. The van der Waals surface area contributed by atoms with Gasteiger partial charge in [-0.25, -0.2) is 9.59 Å². The SMILES string of the molecule is CCC(C)(NC(=O)Nc1c(Cl)ccc(C)c1Cl)C(=O)O. The van der Waals surface area contributed by atoms with Crippen LogP contribution in [0.3, 0.4) is 0 Å². The quantitative estimate of drug-likeness (QED) is 0.792. The highest BCUT2D eigenvalue weighted by Crippen LogP contribution is 2.32. The van der Waals surface area contributed by atoms with Crippen molar-refractivity contribution >= 4 is 40.9 Å². The molecule has 1 unspecified atom stereocenters. The van der Waals surface area contributed by atoms with Gasteiger partial charge in [0.15, 0.2) is 0 Å². The van der Waals surface area contributed by atoms with Crippen molar-refractivity contribution in [2.24, 2.45) is 0 Å². The largest absolute Gasteiger partial charge is 0.480 e. The molecule has 0 saturated carbocycles. The summed E-state index contributed by atoms with van der Waals surface area (Å²) in [5, 5.41) is 14.6. The maximum absolute atomic E-state index is 11.9. The molecule has 0 aromatic heterocycles. The van der Waals surface area contributed by atoms with Crippen molar-refractivity contribution in [2.45, 2.75) is 32.7 Å². The number of carboxylic acids is 1. The fourth-order valence-electron chi connectivity index (χ4n) is 1.46. The molecule has 1 aromatic carbocycles. The molecule has 0 fully saturated rings. The van der Waals surface area contributed by atoms with Crippen molar-refractivity contribution in [3.8, 4) is 0 Å². The van der Waals surface area contributed by atoms with E-state index in [0.29, 0.717) is 5.02 Å². The number of aryl methyl sites for hydroxylation is 1. The number of carboxylic acid groups (broad SMARTS) is 1. The average Bonchev–Trinajstić information content (AvgIpc) is 2.38. The Morgan fingerprint density at radius 3 is 2.45 bits per heavy atom. The van der Waals surface area contributed by atoms with Crippen LogP contribution in [0.5, 0.6) is 0 Å². The van der Waals surface area contributed by atoms with Crippen LogP contribution in [0.4, 0.5) is 10.5 Å². The molecule has 2 amide bonds. The van der Waals surface area contributed by atoms with Crippen LogP contribution in [-0.2, 0) is 4.79 Å². The fraction of sp³-hybridized carbons (Fsp3) is 0.385. The van der Waals surface area contributed by atoms with Crippen molar-refractivity contribution in [2.75, 3.05) is 5.32 Å². The van der Waals surface area contributed by atoms with Crippen molar-refractivity contribution in [3.05, 3.63) is 27.7 Å². The lowest BCUT2D eigenvalue weighted by Gasteiger charge is -2.25. The molecule has 5 nitrogen and oxygen atoms in total. The molecule has 3 N–H and O–H groups in total. The van der Waals surface area contributed by atoms with E-state index >= 15 is 0 Å². The highest BCUT2D eigenvalue weighted by atomic mass is 35.5. The zero-order valence-electron chi connectivity index (χ0n) is 11.4. The zero-order chi connectivity index (χ0) is 15.5. The minimum atomic E-state index is -1.35. The molecule has 0 heterocycles. The summed E-state index contributed by atoms with van der Waals surface area (Å²) in [5.74, 6) is -1.11. The molecule has 1 rings (SSSR count). The van der Waals surface area contributed by atoms with Gasteiger partial charge in [-0.2, -0.15) is 0 Å². The van der Waals surface area contributed by atoms with E-state index in [2.05, 4.69) is 10.6 Å². The molecular weight excluding hydrogens is 303 g/mol. The van der Waals surface area contributed by atoms with Crippen LogP contribution in [0.25, 0.3) is 0 Å². The van der Waals surface area contributed by atoms with Gasteiger partial charge in [-0.15, -0.1) is 0 Å². The molecule has 0 aliphatic heterocycles. The number of carbonyl (C=O) groups is 2. The van der Waals surface area contributed by atoms with E-state index in [1.807, 2.05) is 0 Å². The second kappa shape index (κ2) is 6.33. The van der Waals surface area contributed by atoms with Gasteiger partial charge in [0.2, 0.25) is 0 Å². The number of urea groups is 1. The molecule has 0 spiro atoms. The van der Waals surface area contributed by atoms with Gasteiger partial charge < -0.3 is 15.7 Å². The Balaban J connectivity index is 2.93.